The predicted molar refractivity (Wildman–Crippen MR) is 70.3 cm³/mol. The molecule has 1 aromatic carbocycles. The summed E-state index contributed by atoms with van der Waals surface area (Å²) < 4.78 is 16.0. The van der Waals surface area contributed by atoms with Crippen molar-refractivity contribution in [2.24, 2.45) is 0 Å². The van der Waals surface area contributed by atoms with Gasteiger partial charge in [0.05, 0.1) is 12.6 Å². The number of aromatic nitrogens is 2. The van der Waals surface area contributed by atoms with E-state index < -0.39 is 6.10 Å². The first-order valence-electron chi connectivity index (χ1n) is 6.38. The van der Waals surface area contributed by atoms with Crippen molar-refractivity contribution < 1.29 is 9.50 Å². The number of imidazole rings is 1. The van der Waals surface area contributed by atoms with Crippen LogP contribution in [0.4, 0.5) is 10.1 Å². The zero-order valence-electron chi connectivity index (χ0n) is 10.8. The van der Waals surface area contributed by atoms with Gasteiger partial charge in [0.15, 0.2) is 0 Å². The van der Waals surface area contributed by atoms with Crippen molar-refractivity contribution in [3.63, 3.8) is 0 Å². The number of fused-ring (bicyclic) bond motifs is 1. The van der Waals surface area contributed by atoms with Crippen LogP contribution >= 0.6 is 0 Å². The SMILES string of the molecule is C[C@@H](O)c1c(F)cccc1N1CCn2ccnc2C1. The van der Waals surface area contributed by atoms with Crippen molar-refractivity contribution >= 4 is 5.69 Å². The molecule has 1 aliphatic heterocycles. The fourth-order valence-electron chi connectivity index (χ4n) is 2.59. The molecule has 0 radical (unpaired) electrons. The van der Waals surface area contributed by atoms with Gasteiger partial charge in [0.1, 0.15) is 11.6 Å². The van der Waals surface area contributed by atoms with Gasteiger partial charge in [-0.25, -0.2) is 9.37 Å². The zero-order valence-corrected chi connectivity index (χ0v) is 10.8. The molecule has 0 saturated heterocycles. The van der Waals surface area contributed by atoms with E-state index in [1.54, 1.807) is 19.2 Å². The van der Waals surface area contributed by atoms with E-state index in [0.717, 1.165) is 24.6 Å². The van der Waals surface area contributed by atoms with Gasteiger partial charge < -0.3 is 14.6 Å². The van der Waals surface area contributed by atoms with Crippen molar-refractivity contribution in [1.29, 1.82) is 0 Å². The molecule has 1 N–H and O–H groups in total. The van der Waals surface area contributed by atoms with Crippen LogP contribution in [0.1, 0.15) is 24.4 Å². The van der Waals surface area contributed by atoms with Gasteiger partial charge in [-0.2, -0.15) is 0 Å². The monoisotopic (exact) mass is 261 g/mol. The highest BCUT2D eigenvalue weighted by molar-refractivity contribution is 5.55. The standard InChI is InChI=1S/C14H16FN3O/c1-10(19)14-11(15)3-2-4-12(14)18-8-7-17-6-5-16-13(17)9-18/h2-6,10,19H,7-9H2,1H3/t10-/m1/s1. The summed E-state index contributed by atoms with van der Waals surface area (Å²) in [6, 6.07) is 4.91. The third-order valence-corrected chi connectivity index (χ3v) is 3.53. The van der Waals surface area contributed by atoms with Gasteiger partial charge in [-0.15, -0.1) is 0 Å². The number of aliphatic hydroxyl groups is 1. The number of nitrogens with zero attached hydrogens (tertiary/aromatic N) is 3. The molecule has 3 rings (SSSR count). The third kappa shape index (κ3) is 2.10. The van der Waals surface area contributed by atoms with E-state index in [1.807, 2.05) is 12.3 Å². The molecule has 0 spiro atoms. The smallest absolute Gasteiger partial charge is 0.131 e. The summed E-state index contributed by atoms with van der Waals surface area (Å²) in [6.45, 7) is 3.83. The number of rotatable bonds is 2. The second kappa shape index (κ2) is 4.66. The van der Waals surface area contributed by atoms with Gasteiger partial charge in [0.25, 0.3) is 0 Å². The summed E-state index contributed by atoms with van der Waals surface area (Å²) in [4.78, 5) is 6.36. The van der Waals surface area contributed by atoms with Crippen molar-refractivity contribution in [2.75, 3.05) is 11.4 Å². The molecule has 2 aromatic rings. The Labute approximate surface area is 111 Å². The summed E-state index contributed by atoms with van der Waals surface area (Å²) in [7, 11) is 0. The third-order valence-electron chi connectivity index (χ3n) is 3.53. The van der Waals surface area contributed by atoms with Gasteiger partial charge in [0.2, 0.25) is 0 Å². The van der Waals surface area contributed by atoms with E-state index in [2.05, 4.69) is 14.5 Å². The lowest BCUT2D eigenvalue weighted by Gasteiger charge is -2.31. The van der Waals surface area contributed by atoms with Crippen molar-refractivity contribution in [3.8, 4) is 0 Å². The van der Waals surface area contributed by atoms with Gasteiger partial charge in [-0.3, -0.25) is 0 Å². The molecule has 5 heteroatoms. The second-order valence-electron chi connectivity index (χ2n) is 4.81. The highest BCUT2D eigenvalue weighted by Gasteiger charge is 2.22. The fraction of sp³-hybridized carbons (Fsp3) is 0.357. The van der Waals surface area contributed by atoms with Crippen LogP contribution in [-0.2, 0) is 13.1 Å². The Morgan fingerprint density at radius 2 is 2.21 bits per heavy atom. The minimum absolute atomic E-state index is 0.360. The number of hydrogen-bond donors (Lipinski definition) is 1. The highest BCUT2D eigenvalue weighted by Crippen LogP contribution is 2.30. The molecule has 1 aliphatic rings. The highest BCUT2D eigenvalue weighted by atomic mass is 19.1. The number of halogens is 1. The molecule has 0 fully saturated rings. The first kappa shape index (κ1) is 12.2. The van der Waals surface area contributed by atoms with Crippen LogP contribution in [-0.4, -0.2) is 21.2 Å². The van der Waals surface area contributed by atoms with Gasteiger partial charge in [-0.05, 0) is 19.1 Å². The van der Waals surface area contributed by atoms with Crippen molar-refractivity contribution in [1.82, 2.24) is 9.55 Å². The van der Waals surface area contributed by atoms with Gasteiger partial charge in [0, 0.05) is 36.7 Å². The van der Waals surface area contributed by atoms with Crippen LogP contribution in [0.25, 0.3) is 0 Å². The zero-order chi connectivity index (χ0) is 13.4. The van der Waals surface area contributed by atoms with E-state index in [9.17, 15) is 9.50 Å². The molecule has 4 nitrogen and oxygen atoms in total. The summed E-state index contributed by atoms with van der Waals surface area (Å²) in [5, 5.41) is 9.78. The van der Waals surface area contributed by atoms with E-state index in [4.69, 9.17) is 0 Å². The molecular weight excluding hydrogens is 245 g/mol. The molecule has 1 atom stereocenters. The normalized spacial score (nSPS) is 16.3. The first-order valence-corrected chi connectivity index (χ1v) is 6.38. The average Bonchev–Trinajstić information content (AvgIpc) is 2.85. The molecule has 19 heavy (non-hydrogen) atoms. The van der Waals surface area contributed by atoms with E-state index >= 15 is 0 Å². The van der Waals surface area contributed by atoms with Gasteiger partial charge in [-0.1, -0.05) is 6.07 Å². The van der Waals surface area contributed by atoms with Crippen LogP contribution < -0.4 is 4.90 Å². The van der Waals surface area contributed by atoms with E-state index in [-0.39, 0.29) is 5.82 Å². The Morgan fingerprint density at radius 3 is 3.00 bits per heavy atom. The van der Waals surface area contributed by atoms with Crippen molar-refractivity contribution in [2.45, 2.75) is 26.1 Å². The number of hydrogen-bond acceptors (Lipinski definition) is 3. The lowest BCUT2D eigenvalue weighted by atomic mass is 10.1. The van der Waals surface area contributed by atoms with Crippen molar-refractivity contribution in [3.05, 3.63) is 47.8 Å². The maximum atomic E-state index is 13.9. The topological polar surface area (TPSA) is 41.3 Å². The summed E-state index contributed by atoms with van der Waals surface area (Å²) in [6.07, 6.45) is 2.91. The summed E-state index contributed by atoms with van der Waals surface area (Å²) in [5.41, 5.74) is 1.12. The molecule has 2 heterocycles. The van der Waals surface area contributed by atoms with Crippen LogP contribution in [0, 0.1) is 5.82 Å². The number of anilines is 1. The molecule has 0 aliphatic carbocycles. The minimum atomic E-state index is -0.821. The minimum Gasteiger partial charge on any atom is -0.389 e. The first-order chi connectivity index (χ1) is 9.16. The Hall–Kier alpha value is -1.88. The lowest BCUT2D eigenvalue weighted by Crippen LogP contribution is -2.34. The maximum absolute atomic E-state index is 13.9. The van der Waals surface area contributed by atoms with E-state index in [0.29, 0.717) is 12.1 Å². The van der Waals surface area contributed by atoms with Crippen LogP contribution in [0.2, 0.25) is 0 Å². The Kier molecular flexibility index (Phi) is 2.98. The van der Waals surface area contributed by atoms with Crippen LogP contribution in [0.15, 0.2) is 30.6 Å². The summed E-state index contributed by atoms with van der Waals surface area (Å²) in [5.74, 6) is 0.605. The maximum Gasteiger partial charge on any atom is 0.131 e. The quantitative estimate of drug-likeness (QED) is 0.900. The number of benzene rings is 1. The van der Waals surface area contributed by atoms with Crippen LogP contribution in [0.5, 0.6) is 0 Å². The Morgan fingerprint density at radius 1 is 1.37 bits per heavy atom. The second-order valence-corrected chi connectivity index (χ2v) is 4.81. The summed E-state index contributed by atoms with van der Waals surface area (Å²) >= 11 is 0. The predicted octanol–water partition coefficient (Wildman–Crippen LogP) is 2.10. The Balaban J connectivity index is 1.98. The molecule has 0 amide bonds. The molecule has 0 bridgehead atoms. The average molecular weight is 261 g/mol. The molecule has 1 aromatic heterocycles. The molecule has 0 saturated carbocycles. The molecule has 100 valence electrons. The fourth-order valence-corrected chi connectivity index (χ4v) is 2.59. The molecule has 0 unspecified atom stereocenters. The molecular formula is C14H16FN3O. The van der Waals surface area contributed by atoms with E-state index in [1.165, 1.54) is 6.07 Å². The van der Waals surface area contributed by atoms with Crippen LogP contribution in [0.3, 0.4) is 0 Å². The largest absolute Gasteiger partial charge is 0.389 e. The number of aliphatic hydroxyl groups excluding tert-OH is 1. The van der Waals surface area contributed by atoms with Gasteiger partial charge >= 0.3 is 0 Å². The Bertz CT molecular complexity index is 594. The lowest BCUT2D eigenvalue weighted by molar-refractivity contribution is 0.194.